The molecule has 0 aromatic heterocycles. The number of nitrogens with two attached hydrogens (primary N) is 1. The van der Waals surface area contributed by atoms with Crippen LogP contribution in [-0.4, -0.2) is 38.7 Å². The molecule has 0 amide bonds. The van der Waals surface area contributed by atoms with E-state index in [4.69, 9.17) is 18.7 Å². The molecule has 0 aromatic carbocycles. The molecule has 3 atom stereocenters. The molecule has 1 unspecified atom stereocenters. The van der Waals surface area contributed by atoms with Gasteiger partial charge in [0.1, 0.15) is 0 Å². The van der Waals surface area contributed by atoms with Crippen molar-refractivity contribution in [3.8, 4) is 0 Å². The average Bonchev–Trinajstić information content (AvgIpc) is 1.88. The first-order valence-corrected chi connectivity index (χ1v) is 3.44. The third-order valence-corrected chi connectivity index (χ3v) is 1.59. The van der Waals surface area contributed by atoms with Gasteiger partial charge >= 0.3 is 0 Å². The highest BCUT2D eigenvalue weighted by Gasteiger charge is 2.17. The van der Waals surface area contributed by atoms with Crippen molar-refractivity contribution in [1.29, 1.82) is 0 Å². The van der Waals surface area contributed by atoms with Gasteiger partial charge in [0.05, 0.1) is 14.0 Å². The lowest BCUT2D eigenvalue weighted by Crippen LogP contribution is -2.42. The van der Waals surface area contributed by atoms with E-state index in [0.29, 0.717) is 6.54 Å². The van der Waals surface area contributed by atoms with Crippen molar-refractivity contribution in [2.24, 2.45) is 5.73 Å². The standard InChI is InChI=1S/C6H15BN2O/c1-4(10)6(9-2)5(7)3-8/h4-6,9-10H,3,8H2,1-2H3/t4-,5+,6?/m1/s1. The monoisotopic (exact) mass is 142 g/mol. The van der Waals surface area contributed by atoms with Crippen molar-refractivity contribution in [3.05, 3.63) is 0 Å². The Labute approximate surface area is 63.4 Å². The molecule has 0 heterocycles. The number of nitrogens with one attached hydrogen (secondary N) is 1. The van der Waals surface area contributed by atoms with Crippen molar-refractivity contribution in [2.45, 2.75) is 24.9 Å². The first kappa shape index (κ1) is 9.94. The fraction of sp³-hybridized carbons (Fsp3) is 1.00. The predicted octanol–water partition coefficient (Wildman–Crippen LogP) is -1.13. The first-order valence-electron chi connectivity index (χ1n) is 3.44. The van der Waals surface area contributed by atoms with Gasteiger partial charge in [-0.1, -0.05) is 0 Å². The second kappa shape index (κ2) is 4.71. The van der Waals surface area contributed by atoms with Gasteiger partial charge in [0.15, 0.2) is 0 Å². The Bertz CT molecular complexity index is 89.8. The lowest BCUT2D eigenvalue weighted by molar-refractivity contribution is 0.146. The lowest BCUT2D eigenvalue weighted by atomic mass is 9.79. The summed E-state index contributed by atoms with van der Waals surface area (Å²) in [5, 5.41) is 12.0. The summed E-state index contributed by atoms with van der Waals surface area (Å²) in [7, 11) is 7.34. The van der Waals surface area contributed by atoms with Crippen molar-refractivity contribution >= 4 is 7.85 Å². The molecule has 0 aliphatic rings. The maximum absolute atomic E-state index is 9.12. The maximum Gasteiger partial charge on any atom is 0.0739 e. The maximum atomic E-state index is 9.12. The van der Waals surface area contributed by atoms with Crippen molar-refractivity contribution in [3.63, 3.8) is 0 Å². The van der Waals surface area contributed by atoms with Crippen LogP contribution in [0.2, 0.25) is 5.82 Å². The van der Waals surface area contributed by atoms with Gasteiger partial charge in [-0.05, 0) is 26.3 Å². The molecular weight excluding hydrogens is 127 g/mol. The van der Waals surface area contributed by atoms with Gasteiger partial charge in [-0.2, -0.15) is 0 Å². The summed E-state index contributed by atoms with van der Waals surface area (Å²) >= 11 is 0. The Morgan fingerprint density at radius 1 is 1.70 bits per heavy atom. The van der Waals surface area contributed by atoms with Crippen LogP contribution in [0.5, 0.6) is 0 Å². The molecule has 4 heteroatoms. The minimum absolute atomic E-state index is 0.106. The predicted molar refractivity (Wildman–Crippen MR) is 43.1 cm³/mol. The smallest absolute Gasteiger partial charge is 0.0739 e. The zero-order chi connectivity index (χ0) is 8.15. The van der Waals surface area contributed by atoms with Crippen LogP contribution >= 0.6 is 0 Å². The van der Waals surface area contributed by atoms with E-state index in [2.05, 4.69) is 5.32 Å². The summed E-state index contributed by atoms with van der Waals surface area (Å²) in [5.41, 5.74) is 5.31. The van der Waals surface area contributed by atoms with Crippen molar-refractivity contribution in [2.75, 3.05) is 13.6 Å². The quantitative estimate of drug-likeness (QED) is 0.435. The summed E-state index contributed by atoms with van der Waals surface area (Å²) in [6.07, 6.45) is -0.455. The van der Waals surface area contributed by atoms with E-state index in [9.17, 15) is 0 Å². The molecule has 0 aromatic rings. The zero-order valence-electron chi connectivity index (χ0n) is 6.54. The Kier molecular flexibility index (Phi) is 4.69. The Hall–Kier alpha value is -0.0551. The van der Waals surface area contributed by atoms with Crippen LogP contribution in [0.1, 0.15) is 6.92 Å². The molecule has 0 fully saturated rings. The van der Waals surface area contributed by atoms with E-state index in [-0.39, 0.29) is 11.9 Å². The molecular formula is C6H15BN2O. The number of hydrogen-bond acceptors (Lipinski definition) is 3. The molecule has 58 valence electrons. The minimum atomic E-state index is -0.455. The van der Waals surface area contributed by atoms with Crippen LogP contribution in [0, 0.1) is 0 Å². The number of rotatable bonds is 4. The highest BCUT2D eigenvalue weighted by Crippen LogP contribution is 2.07. The summed E-state index contributed by atoms with van der Waals surface area (Å²) in [5.74, 6) is -0.176. The highest BCUT2D eigenvalue weighted by atomic mass is 16.3. The normalized spacial score (nSPS) is 20.0. The van der Waals surface area contributed by atoms with E-state index in [1.54, 1.807) is 14.0 Å². The summed E-state index contributed by atoms with van der Waals surface area (Å²) in [6, 6.07) is -0.106. The summed E-state index contributed by atoms with van der Waals surface area (Å²) in [6.45, 7) is 2.08. The summed E-state index contributed by atoms with van der Waals surface area (Å²) in [4.78, 5) is 0. The van der Waals surface area contributed by atoms with Gasteiger partial charge in [-0.3, -0.25) is 0 Å². The van der Waals surface area contributed by atoms with Crippen LogP contribution < -0.4 is 11.1 Å². The molecule has 2 radical (unpaired) electrons. The Balaban J connectivity index is 3.80. The molecule has 10 heavy (non-hydrogen) atoms. The van der Waals surface area contributed by atoms with Crippen LogP contribution in [0.15, 0.2) is 0 Å². The van der Waals surface area contributed by atoms with E-state index in [1.807, 2.05) is 0 Å². The molecule has 3 nitrogen and oxygen atoms in total. The molecule has 0 saturated heterocycles. The second-order valence-corrected chi connectivity index (χ2v) is 2.45. The number of aliphatic hydroxyl groups is 1. The zero-order valence-corrected chi connectivity index (χ0v) is 6.54. The molecule has 4 N–H and O–H groups in total. The molecule has 0 saturated carbocycles. The molecule has 0 aliphatic heterocycles. The largest absolute Gasteiger partial charge is 0.392 e. The molecule has 0 aliphatic carbocycles. The van der Waals surface area contributed by atoms with Gasteiger partial charge in [0.25, 0.3) is 0 Å². The summed E-state index contributed by atoms with van der Waals surface area (Å²) < 4.78 is 0. The Morgan fingerprint density at radius 3 is 2.30 bits per heavy atom. The van der Waals surface area contributed by atoms with Gasteiger partial charge in [-0.25, -0.2) is 0 Å². The van der Waals surface area contributed by atoms with Gasteiger partial charge in [0, 0.05) is 6.04 Å². The van der Waals surface area contributed by atoms with Crippen LogP contribution in [0.4, 0.5) is 0 Å². The molecule has 0 spiro atoms. The second-order valence-electron chi connectivity index (χ2n) is 2.45. The van der Waals surface area contributed by atoms with Crippen LogP contribution in [0.25, 0.3) is 0 Å². The topological polar surface area (TPSA) is 58.3 Å². The first-order chi connectivity index (χ1) is 4.63. The fourth-order valence-corrected chi connectivity index (χ4v) is 0.960. The van der Waals surface area contributed by atoms with E-state index >= 15 is 0 Å². The molecule has 0 bridgehead atoms. The van der Waals surface area contributed by atoms with E-state index < -0.39 is 6.10 Å². The number of aliphatic hydroxyl groups excluding tert-OH is 1. The minimum Gasteiger partial charge on any atom is -0.392 e. The van der Waals surface area contributed by atoms with Crippen molar-refractivity contribution < 1.29 is 5.11 Å². The van der Waals surface area contributed by atoms with E-state index in [0.717, 1.165) is 0 Å². The van der Waals surface area contributed by atoms with Gasteiger partial charge in [-0.15, -0.1) is 0 Å². The molecule has 0 rings (SSSR count). The number of likely N-dealkylation sites (N-methyl/N-ethyl adjacent to an activating group) is 1. The Morgan fingerprint density at radius 2 is 2.20 bits per heavy atom. The van der Waals surface area contributed by atoms with Crippen LogP contribution in [-0.2, 0) is 0 Å². The van der Waals surface area contributed by atoms with Gasteiger partial charge in [0.2, 0.25) is 0 Å². The van der Waals surface area contributed by atoms with Crippen molar-refractivity contribution in [1.82, 2.24) is 5.32 Å². The van der Waals surface area contributed by atoms with Crippen LogP contribution in [0.3, 0.4) is 0 Å². The number of hydrogen-bond donors (Lipinski definition) is 3. The highest BCUT2D eigenvalue weighted by molar-refractivity contribution is 6.12. The van der Waals surface area contributed by atoms with E-state index in [1.165, 1.54) is 0 Å². The third kappa shape index (κ3) is 2.69. The average molecular weight is 142 g/mol. The third-order valence-electron chi connectivity index (χ3n) is 1.59. The fourth-order valence-electron chi connectivity index (χ4n) is 0.960. The van der Waals surface area contributed by atoms with Gasteiger partial charge < -0.3 is 16.2 Å². The SMILES string of the molecule is [B][C@@H](CN)C(NC)[C@@H](C)O. The lowest BCUT2D eigenvalue weighted by Gasteiger charge is -2.25.